The zero-order chi connectivity index (χ0) is 18.0. The maximum absolute atomic E-state index is 11.1. The summed E-state index contributed by atoms with van der Waals surface area (Å²) in [6.45, 7) is 2.47. The van der Waals surface area contributed by atoms with Crippen LogP contribution < -0.4 is 5.32 Å². The second-order valence-corrected chi connectivity index (χ2v) is 6.90. The van der Waals surface area contributed by atoms with Gasteiger partial charge in [0.25, 0.3) is 0 Å². The summed E-state index contributed by atoms with van der Waals surface area (Å²) >= 11 is 9.33. The number of carbonyl (C=O) groups is 1. The number of rotatable bonds is 5. The fourth-order valence-corrected chi connectivity index (χ4v) is 3.18. The summed E-state index contributed by atoms with van der Waals surface area (Å²) in [5.74, 6) is 0.493. The summed E-state index contributed by atoms with van der Waals surface area (Å²) in [4.78, 5) is 11.1. The van der Waals surface area contributed by atoms with Crippen LogP contribution in [0.2, 0.25) is 5.02 Å². The molecule has 1 aromatic heterocycles. The number of hydrogen-bond acceptors (Lipinski definition) is 3. The molecular weight excluding hydrogens is 406 g/mol. The number of aryl methyl sites for hydroxylation is 1. The molecule has 2 aromatic carbocycles. The van der Waals surface area contributed by atoms with E-state index in [2.05, 4.69) is 21.2 Å². The molecule has 0 bridgehead atoms. The van der Waals surface area contributed by atoms with E-state index in [1.807, 2.05) is 37.3 Å². The Kier molecular flexibility index (Phi) is 5.16. The number of carboxylic acid groups (broad SMARTS) is 1. The summed E-state index contributed by atoms with van der Waals surface area (Å²) in [6, 6.07) is 14.7. The largest absolute Gasteiger partial charge is 0.478 e. The molecule has 0 radical (unpaired) electrons. The first-order chi connectivity index (χ1) is 11.9. The van der Waals surface area contributed by atoms with E-state index in [0.29, 0.717) is 12.2 Å². The monoisotopic (exact) mass is 419 g/mol. The Morgan fingerprint density at radius 2 is 2.00 bits per heavy atom. The first kappa shape index (κ1) is 17.6. The van der Waals surface area contributed by atoms with Crippen LogP contribution in [0.25, 0.3) is 11.3 Å². The third-order valence-corrected chi connectivity index (χ3v) is 4.60. The molecule has 25 heavy (non-hydrogen) atoms. The molecule has 0 aliphatic rings. The summed E-state index contributed by atoms with van der Waals surface area (Å²) < 4.78 is 6.92. The lowest BCUT2D eigenvalue weighted by molar-refractivity contribution is 0.0697. The molecule has 3 aromatic rings. The van der Waals surface area contributed by atoms with Crippen LogP contribution in [-0.2, 0) is 6.54 Å². The number of carboxylic acids is 1. The number of nitrogens with one attached hydrogen (secondary N) is 1. The standard InChI is InChI=1S/C19H15BrClNO3/c1-11-8-12(20)2-5-15(11)18-7-4-14(25-18)10-22-13-3-6-17(21)16(9-13)19(23)24/h2-9,22H,10H2,1H3,(H,23,24). The van der Waals surface area contributed by atoms with Gasteiger partial charge in [0.05, 0.1) is 17.1 Å². The molecule has 4 nitrogen and oxygen atoms in total. The Bertz CT molecular complexity index is 936. The van der Waals surface area contributed by atoms with E-state index >= 15 is 0 Å². The van der Waals surface area contributed by atoms with Crippen LogP contribution in [0, 0.1) is 6.92 Å². The SMILES string of the molecule is Cc1cc(Br)ccc1-c1ccc(CNc2ccc(Cl)c(C(=O)O)c2)o1. The van der Waals surface area contributed by atoms with E-state index < -0.39 is 5.97 Å². The van der Waals surface area contributed by atoms with E-state index in [1.165, 1.54) is 6.07 Å². The predicted molar refractivity (Wildman–Crippen MR) is 102 cm³/mol. The van der Waals surface area contributed by atoms with Gasteiger partial charge < -0.3 is 14.8 Å². The highest BCUT2D eigenvalue weighted by Crippen LogP contribution is 2.28. The van der Waals surface area contributed by atoms with Crippen molar-refractivity contribution in [1.29, 1.82) is 0 Å². The van der Waals surface area contributed by atoms with Crippen molar-refractivity contribution < 1.29 is 14.3 Å². The van der Waals surface area contributed by atoms with Crippen molar-refractivity contribution in [2.45, 2.75) is 13.5 Å². The average molecular weight is 421 g/mol. The smallest absolute Gasteiger partial charge is 0.337 e. The zero-order valence-electron chi connectivity index (χ0n) is 13.3. The van der Waals surface area contributed by atoms with Crippen LogP contribution in [0.4, 0.5) is 5.69 Å². The molecule has 0 amide bonds. The van der Waals surface area contributed by atoms with Gasteiger partial charge in [-0.25, -0.2) is 4.79 Å². The van der Waals surface area contributed by atoms with Crippen LogP contribution in [0.15, 0.2) is 57.4 Å². The van der Waals surface area contributed by atoms with Gasteiger partial charge in [0, 0.05) is 15.7 Å². The quantitative estimate of drug-likeness (QED) is 0.533. The van der Waals surface area contributed by atoms with Crippen molar-refractivity contribution in [1.82, 2.24) is 0 Å². The van der Waals surface area contributed by atoms with Crippen molar-refractivity contribution in [3.8, 4) is 11.3 Å². The molecule has 3 rings (SSSR count). The maximum Gasteiger partial charge on any atom is 0.337 e. The van der Waals surface area contributed by atoms with Gasteiger partial charge in [-0.05, 0) is 61.0 Å². The second kappa shape index (κ2) is 7.33. The molecule has 6 heteroatoms. The molecule has 0 saturated heterocycles. The summed E-state index contributed by atoms with van der Waals surface area (Å²) in [7, 11) is 0. The molecular formula is C19H15BrClNO3. The van der Waals surface area contributed by atoms with E-state index in [0.717, 1.165) is 27.1 Å². The minimum atomic E-state index is -1.06. The first-order valence-electron chi connectivity index (χ1n) is 7.56. The van der Waals surface area contributed by atoms with Crippen molar-refractivity contribution in [2.75, 3.05) is 5.32 Å². The summed E-state index contributed by atoms with van der Waals surface area (Å²) in [5, 5.41) is 12.5. The van der Waals surface area contributed by atoms with Gasteiger partial charge in [0.15, 0.2) is 0 Å². The average Bonchev–Trinajstić information content (AvgIpc) is 3.02. The van der Waals surface area contributed by atoms with Gasteiger partial charge >= 0.3 is 5.97 Å². The van der Waals surface area contributed by atoms with E-state index in [1.54, 1.807) is 12.1 Å². The highest BCUT2D eigenvalue weighted by molar-refractivity contribution is 9.10. The second-order valence-electron chi connectivity index (χ2n) is 5.58. The first-order valence-corrected chi connectivity index (χ1v) is 8.73. The van der Waals surface area contributed by atoms with Crippen LogP contribution in [-0.4, -0.2) is 11.1 Å². The van der Waals surface area contributed by atoms with E-state index in [4.69, 9.17) is 21.1 Å². The third kappa shape index (κ3) is 4.06. The fraction of sp³-hybridized carbons (Fsp3) is 0.105. The Morgan fingerprint density at radius 3 is 2.72 bits per heavy atom. The van der Waals surface area contributed by atoms with Crippen molar-refractivity contribution in [3.63, 3.8) is 0 Å². The minimum Gasteiger partial charge on any atom is -0.478 e. The topological polar surface area (TPSA) is 62.5 Å². The highest BCUT2D eigenvalue weighted by Gasteiger charge is 2.11. The number of benzene rings is 2. The van der Waals surface area contributed by atoms with Gasteiger partial charge in [-0.15, -0.1) is 0 Å². The molecule has 2 N–H and O–H groups in total. The predicted octanol–water partition coefficient (Wildman–Crippen LogP) is 5.98. The number of furan rings is 1. The summed E-state index contributed by atoms with van der Waals surface area (Å²) in [6.07, 6.45) is 0. The van der Waals surface area contributed by atoms with E-state index in [9.17, 15) is 4.79 Å². The molecule has 128 valence electrons. The number of hydrogen-bond donors (Lipinski definition) is 2. The zero-order valence-corrected chi connectivity index (χ0v) is 15.7. The fourth-order valence-electron chi connectivity index (χ4n) is 2.51. The van der Waals surface area contributed by atoms with Crippen LogP contribution in [0.3, 0.4) is 0 Å². The molecule has 0 atom stereocenters. The van der Waals surface area contributed by atoms with Crippen LogP contribution in [0.1, 0.15) is 21.7 Å². The van der Waals surface area contributed by atoms with Gasteiger partial charge in [-0.3, -0.25) is 0 Å². The Morgan fingerprint density at radius 1 is 1.20 bits per heavy atom. The lowest BCUT2D eigenvalue weighted by Gasteiger charge is -2.07. The van der Waals surface area contributed by atoms with Crippen LogP contribution >= 0.6 is 27.5 Å². The number of aromatic carboxylic acids is 1. The molecule has 1 heterocycles. The van der Waals surface area contributed by atoms with Crippen molar-refractivity contribution in [3.05, 3.63) is 74.9 Å². The van der Waals surface area contributed by atoms with Crippen LogP contribution in [0.5, 0.6) is 0 Å². The van der Waals surface area contributed by atoms with Gasteiger partial charge in [-0.2, -0.15) is 0 Å². The lowest BCUT2D eigenvalue weighted by atomic mass is 10.1. The van der Waals surface area contributed by atoms with Crippen molar-refractivity contribution in [2.24, 2.45) is 0 Å². The molecule has 0 fully saturated rings. The molecule has 0 spiro atoms. The Hall–Kier alpha value is -2.24. The highest BCUT2D eigenvalue weighted by atomic mass is 79.9. The van der Waals surface area contributed by atoms with Gasteiger partial charge in [-0.1, -0.05) is 27.5 Å². The Balaban J connectivity index is 1.74. The van der Waals surface area contributed by atoms with Gasteiger partial charge in [0.2, 0.25) is 0 Å². The Labute approximate surface area is 158 Å². The molecule has 0 aliphatic carbocycles. The number of anilines is 1. The molecule has 0 unspecified atom stereocenters. The summed E-state index contributed by atoms with van der Waals surface area (Å²) in [5.41, 5.74) is 2.89. The minimum absolute atomic E-state index is 0.0669. The molecule has 0 saturated carbocycles. The number of halogens is 2. The van der Waals surface area contributed by atoms with Gasteiger partial charge in [0.1, 0.15) is 11.5 Å². The van der Waals surface area contributed by atoms with E-state index in [-0.39, 0.29) is 10.6 Å². The molecule has 0 aliphatic heterocycles. The third-order valence-electron chi connectivity index (χ3n) is 3.78. The van der Waals surface area contributed by atoms with Crippen molar-refractivity contribution >= 4 is 39.2 Å². The lowest BCUT2D eigenvalue weighted by Crippen LogP contribution is -2.02. The normalized spacial score (nSPS) is 10.7. The maximum atomic E-state index is 11.1.